The van der Waals surface area contributed by atoms with Gasteiger partial charge in [0.2, 0.25) is 5.91 Å². The van der Waals surface area contributed by atoms with Gasteiger partial charge in [-0.2, -0.15) is 0 Å². The van der Waals surface area contributed by atoms with Gasteiger partial charge in [-0.25, -0.2) is 0 Å². The number of carbonyl (C=O) groups excluding carboxylic acids is 1. The Kier molecular flexibility index (Phi) is 4.25. The molecule has 0 spiro atoms. The number of rotatable bonds is 4. The monoisotopic (exact) mass is 266 g/mol. The summed E-state index contributed by atoms with van der Waals surface area (Å²) in [6.45, 7) is 0.391. The van der Waals surface area contributed by atoms with E-state index >= 15 is 0 Å². The number of halogens is 1. The maximum Gasteiger partial charge on any atom is 0.221 e. The number of nitrogens with one attached hydrogen (secondary N) is 1. The molecule has 0 saturated heterocycles. The second-order valence-electron chi connectivity index (χ2n) is 4.88. The molecule has 1 amide bonds. The van der Waals surface area contributed by atoms with Gasteiger partial charge in [-0.1, -0.05) is 36.6 Å². The number of carbonyl (C=O) groups is 1. The Morgan fingerprint density at radius 1 is 1.28 bits per heavy atom. The summed E-state index contributed by atoms with van der Waals surface area (Å²) in [7, 11) is 0. The lowest BCUT2D eigenvalue weighted by atomic mass is 9.88. The molecule has 1 fully saturated rings. The van der Waals surface area contributed by atoms with Gasteiger partial charge in [0.1, 0.15) is 0 Å². The Balaban J connectivity index is 2.21. The first-order valence-electron chi connectivity index (χ1n) is 6.43. The maximum atomic E-state index is 11.8. The highest BCUT2D eigenvalue weighted by Gasteiger charge is 2.36. The summed E-state index contributed by atoms with van der Waals surface area (Å²) in [5, 5.41) is 3.89. The van der Waals surface area contributed by atoms with Gasteiger partial charge in [-0.05, 0) is 30.5 Å². The van der Waals surface area contributed by atoms with Gasteiger partial charge < -0.3 is 11.1 Å². The summed E-state index contributed by atoms with van der Waals surface area (Å²) in [5.41, 5.74) is 6.36. The molecular formula is C14H19ClN2O. The summed E-state index contributed by atoms with van der Waals surface area (Å²) in [5.74, 6) is 0.0364. The fourth-order valence-electron chi connectivity index (χ4n) is 2.69. The van der Waals surface area contributed by atoms with Crippen LogP contribution in [0.1, 0.15) is 37.7 Å². The quantitative estimate of drug-likeness (QED) is 0.880. The highest BCUT2D eigenvalue weighted by Crippen LogP contribution is 2.39. The third-order valence-electron chi connectivity index (χ3n) is 3.60. The molecule has 1 aromatic rings. The second kappa shape index (κ2) is 5.72. The molecule has 3 N–H and O–H groups in total. The maximum absolute atomic E-state index is 11.8. The van der Waals surface area contributed by atoms with Gasteiger partial charge in [0.15, 0.2) is 0 Å². The van der Waals surface area contributed by atoms with Crippen molar-refractivity contribution in [1.29, 1.82) is 0 Å². The minimum absolute atomic E-state index is 0.0364. The number of hydrogen-bond acceptors (Lipinski definition) is 2. The standard InChI is InChI=1S/C14H19ClN2O/c15-12-5-3-11(4-6-12)14(8-1-2-9-14)17-13(18)7-10-16/h3-6H,1-2,7-10,16H2,(H,17,18). The van der Waals surface area contributed by atoms with E-state index in [1.165, 1.54) is 0 Å². The smallest absolute Gasteiger partial charge is 0.221 e. The van der Waals surface area contributed by atoms with Crippen LogP contribution in [-0.4, -0.2) is 12.5 Å². The molecule has 18 heavy (non-hydrogen) atoms. The van der Waals surface area contributed by atoms with Crippen molar-refractivity contribution in [1.82, 2.24) is 5.32 Å². The van der Waals surface area contributed by atoms with Crippen molar-refractivity contribution in [3.05, 3.63) is 34.9 Å². The van der Waals surface area contributed by atoms with Gasteiger partial charge in [-0.15, -0.1) is 0 Å². The zero-order chi connectivity index (χ0) is 13.0. The molecule has 1 aromatic carbocycles. The van der Waals surface area contributed by atoms with Crippen LogP contribution in [0.5, 0.6) is 0 Å². The lowest BCUT2D eigenvalue weighted by Gasteiger charge is -2.31. The van der Waals surface area contributed by atoms with E-state index in [1.54, 1.807) is 0 Å². The van der Waals surface area contributed by atoms with Crippen LogP contribution < -0.4 is 11.1 Å². The fourth-order valence-corrected chi connectivity index (χ4v) is 2.82. The Bertz CT molecular complexity index is 410. The van der Waals surface area contributed by atoms with Crippen molar-refractivity contribution in [3.63, 3.8) is 0 Å². The fraction of sp³-hybridized carbons (Fsp3) is 0.500. The summed E-state index contributed by atoms with van der Waals surface area (Å²) < 4.78 is 0. The van der Waals surface area contributed by atoms with Crippen molar-refractivity contribution < 1.29 is 4.79 Å². The Morgan fingerprint density at radius 3 is 2.44 bits per heavy atom. The van der Waals surface area contributed by atoms with Crippen molar-refractivity contribution in [2.24, 2.45) is 5.73 Å². The third-order valence-corrected chi connectivity index (χ3v) is 3.86. The second-order valence-corrected chi connectivity index (χ2v) is 5.32. The van der Waals surface area contributed by atoms with E-state index in [-0.39, 0.29) is 11.4 Å². The number of nitrogens with two attached hydrogens (primary N) is 1. The normalized spacial score (nSPS) is 17.7. The van der Waals surface area contributed by atoms with E-state index in [4.69, 9.17) is 17.3 Å². The summed E-state index contributed by atoms with van der Waals surface area (Å²) >= 11 is 5.92. The van der Waals surface area contributed by atoms with E-state index in [2.05, 4.69) is 5.32 Å². The Hall–Kier alpha value is -1.06. The zero-order valence-corrected chi connectivity index (χ0v) is 11.2. The average molecular weight is 267 g/mol. The minimum Gasteiger partial charge on any atom is -0.347 e. The van der Waals surface area contributed by atoms with Crippen LogP contribution in [-0.2, 0) is 10.3 Å². The first kappa shape index (κ1) is 13.4. The number of hydrogen-bond donors (Lipinski definition) is 2. The molecular weight excluding hydrogens is 248 g/mol. The van der Waals surface area contributed by atoms with Gasteiger partial charge in [0.05, 0.1) is 5.54 Å². The van der Waals surface area contributed by atoms with Crippen LogP contribution in [0.3, 0.4) is 0 Å². The number of benzene rings is 1. The van der Waals surface area contributed by atoms with Crippen molar-refractivity contribution in [2.45, 2.75) is 37.6 Å². The summed E-state index contributed by atoms with van der Waals surface area (Å²) in [4.78, 5) is 11.8. The lowest BCUT2D eigenvalue weighted by Crippen LogP contribution is -2.44. The molecule has 0 bridgehead atoms. The molecule has 1 saturated carbocycles. The molecule has 0 unspecified atom stereocenters. The summed E-state index contributed by atoms with van der Waals surface area (Å²) in [6, 6.07) is 7.78. The lowest BCUT2D eigenvalue weighted by molar-refractivity contribution is -0.122. The number of amides is 1. The first-order valence-corrected chi connectivity index (χ1v) is 6.81. The Labute approximate surface area is 113 Å². The topological polar surface area (TPSA) is 55.1 Å². The van der Waals surface area contributed by atoms with Crippen LogP contribution in [0, 0.1) is 0 Å². The molecule has 0 radical (unpaired) electrons. The van der Waals surface area contributed by atoms with Crippen molar-refractivity contribution in [2.75, 3.05) is 6.54 Å². The van der Waals surface area contributed by atoms with Gasteiger partial charge >= 0.3 is 0 Å². The Morgan fingerprint density at radius 2 is 1.89 bits per heavy atom. The first-order chi connectivity index (χ1) is 8.66. The van der Waals surface area contributed by atoms with Gasteiger partial charge in [0.25, 0.3) is 0 Å². The highest BCUT2D eigenvalue weighted by atomic mass is 35.5. The van der Waals surface area contributed by atoms with Crippen LogP contribution in [0.4, 0.5) is 0 Å². The van der Waals surface area contributed by atoms with Gasteiger partial charge in [0, 0.05) is 18.0 Å². The minimum atomic E-state index is -0.211. The molecule has 1 aliphatic carbocycles. The summed E-state index contributed by atoms with van der Waals surface area (Å²) in [6.07, 6.45) is 4.66. The molecule has 3 nitrogen and oxygen atoms in total. The van der Waals surface area contributed by atoms with E-state index < -0.39 is 0 Å². The predicted octanol–water partition coefficient (Wildman–Crippen LogP) is 2.57. The molecule has 1 aliphatic rings. The molecule has 0 heterocycles. The van der Waals surface area contributed by atoms with Crippen LogP contribution in [0.2, 0.25) is 5.02 Å². The van der Waals surface area contributed by atoms with E-state index in [1.807, 2.05) is 24.3 Å². The molecule has 98 valence electrons. The molecule has 0 atom stereocenters. The molecule has 2 rings (SSSR count). The van der Waals surface area contributed by atoms with Crippen LogP contribution in [0.25, 0.3) is 0 Å². The average Bonchev–Trinajstić information content (AvgIpc) is 2.79. The van der Waals surface area contributed by atoms with Gasteiger partial charge in [-0.3, -0.25) is 4.79 Å². The van der Waals surface area contributed by atoms with Crippen LogP contribution >= 0.6 is 11.6 Å². The zero-order valence-electron chi connectivity index (χ0n) is 10.4. The largest absolute Gasteiger partial charge is 0.347 e. The highest BCUT2D eigenvalue weighted by molar-refractivity contribution is 6.30. The molecule has 0 aliphatic heterocycles. The van der Waals surface area contributed by atoms with Crippen molar-refractivity contribution in [3.8, 4) is 0 Å². The molecule has 4 heteroatoms. The van der Waals surface area contributed by atoms with Crippen molar-refractivity contribution >= 4 is 17.5 Å². The predicted molar refractivity (Wildman–Crippen MR) is 73.4 cm³/mol. The van der Waals surface area contributed by atoms with E-state index in [0.717, 1.165) is 36.3 Å². The molecule has 0 aromatic heterocycles. The SMILES string of the molecule is NCCC(=O)NC1(c2ccc(Cl)cc2)CCCC1. The van der Waals surface area contributed by atoms with E-state index in [9.17, 15) is 4.79 Å². The van der Waals surface area contributed by atoms with Crippen LogP contribution in [0.15, 0.2) is 24.3 Å². The third kappa shape index (κ3) is 2.85. The van der Waals surface area contributed by atoms with E-state index in [0.29, 0.717) is 13.0 Å².